The minimum absolute atomic E-state index is 0.0446. The zero-order valence-corrected chi connectivity index (χ0v) is 15.6. The molecular formula is C18H21F3N6O. The van der Waals surface area contributed by atoms with Gasteiger partial charge in [0, 0.05) is 25.5 Å². The molecule has 7 nitrogen and oxygen atoms in total. The molecule has 1 amide bonds. The number of alkyl halides is 3. The van der Waals surface area contributed by atoms with E-state index in [1.807, 2.05) is 11.8 Å². The molecule has 2 aromatic rings. The lowest BCUT2D eigenvalue weighted by atomic mass is 10.0. The van der Waals surface area contributed by atoms with Crippen molar-refractivity contribution >= 4 is 17.4 Å². The van der Waals surface area contributed by atoms with Crippen molar-refractivity contribution in [1.82, 2.24) is 19.5 Å². The van der Waals surface area contributed by atoms with Gasteiger partial charge in [0.2, 0.25) is 17.7 Å². The molecule has 0 bridgehead atoms. The zero-order valence-electron chi connectivity index (χ0n) is 15.6. The van der Waals surface area contributed by atoms with E-state index in [-0.39, 0.29) is 23.9 Å². The Morgan fingerprint density at radius 2 is 1.93 bits per heavy atom. The van der Waals surface area contributed by atoms with E-state index in [0.29, 0.717) is 17.9 Å². The molecule has 0 N–H and O–H groups in total. The monoisotopic (exact) mass is 394 g/mol. The normalized spacial score (nSPS) is 20.8. The van der Waals surface area contributed by atoms with Crippen LogP contribution in [0, 0.1) is 0 Å². The van der Waals surface area contributed by atoms with Crippen molar-refractivity contribution in [3.8, 4) is 5.95 Å². The lowest BCUT2D eigenvalue weighted by Crippen LogP contribution is -2.55. The van der Waals surface area contributed by atoms with Crippen molar-refractivity contribution in [1.29, 1.82) is 0 Å². The number of rotatable bonds is 3. The fourth-order valence-electron chi connectivity index (χ4n) is 4.16. The van der Waals surface area contributed by atoms with Gasteiger partial charge < -0.3 is 9.80 Å². The van der Waals surface area contributed by atoms with Crippen LogP contribution in [0.2, 0.25) is 0 Å². The topological polar surface area (TPSA) is 67.2 Å². The van der Waals surface area contributed by atoms with Gasteiger partial charge in [-0.2, -0.15) is 18.2 Å². The van der Waals surface area contributed by atoms with E-state index in [1.165, 1.54) is 17.3 Å². The van der Waals surface area contributed by atoms with Gasteiger partial charge in [-0.15, -0.1) is 0 Å². The second-order valence-electron chi connectivity index (χ2n) is 7.16. The Labute approximate surface area is 160 Å². The highest BCUT2D eigenvalue weighted by Crippen LogP contribution is 2.40. The molecule has 28 heavy (non-hydrogen) atoms. The summed E-state index contributed by atoms with van der Waals surface area (Å²) in [5, 5.41) is 0. The standard InChI is InChI=1S/C18H21F3N6O/c1-3-12-15(28)25(2)13-10-23-17(26-9-8-22-16(26)18(19,20)21)24-14(13)27(12)11-6-4-5-7-11/h8-12H,3-7H2,1-2H3/t12-/m1/s1. The van der Waals surface area contributed by atoms with Crippen LogP contribution in [0.5, 0.6) is 0 Å². The Hall–Kier alpha value is -2.65. The molecule has 0 spiro atoms. The summed E-state index contributed by atoms with van der Waals surface area (Å²) in [5.74, 6) is -0.721. The minimum Gasteiger partial charge on any atom is -0.340 e. The van der Waals surface area contributed by atoms with Crippen LogP contribution < -0.4 is 9.80 Å². The Balaban J connectivity index is 1.85. The summed E-state index contributed by atoms with van der Waals surface area (Å²) in [5.41, 5.74) is 0.513. The predicted octanol–water partition coefficient (Wildman–Crippen LogP) is 3.19. The summed E-state index contributed by atoms with van der Waals surface area (Å²) in [6.07, 6.45) is 3.66. The smallest absolute Gasteiger partial charge is 0.340 e. The summed E-state index contributed by atoms with van der Waals surface area (Å²) >= 11 is 0. The van der Waals surface area contributed by atoms with Gasteiger partial charge in [0.15, 0.2) is 5.82 Å². The number of fused-ring (bicyclic) bond motifs is 1. The van der Waals surface area contributed by atoms with Crippen molar-refractivity contribution in [3.63, 3.8) is 0 Å². The highest BCUT2D eigenvalue weighted by atomic mass is 19.4. The highest BCUT2D eigenvalue weighted by Gasteiger charge is 2.42. The Bertz CT molecular complexity index is 890. The Kier molecular flexibility index (Phi) is 4.51. The lowest BCUT2D eigenvalue weighted by molar-refractivity contribution is -0.146. The van der Waals surface area contributed by atoms with Crippen molar-refractivity contribution in [3.05, 3.63) is 24.4 Å². The van der Waals surface area contributed by atoms with Crippen LogP contribution in [0.3, 0.4) is 0 Å². The molecule has 1 fully saturated rings. The molecule has 1 atom stereocenters. The number of aromatic nitrogens is 4. The first-order chi connectivity index (χ1) is 13.3. The summed E-state index contributed by atoms with van der Waals surface area (Å²) < 4.78 is 40.6. The molecule has 10 heteroatoms. The van der Waals surface area contributed by atoms with Crippen LogP contribution in [0.1, 0.15) is 44.9 Å². The van der Waals surface area contributed by atoms with E-state index in [0.717, 1.165) is 36.4 Å². The average molecular weight is 394 g/mol. The second-order valence-corrected chi connectivity index (χ2v) is 7.16. The summed E-state index contributed by atoms with van der Waals surface area (Å²) in [4.78, 5) is 28.3. The molecule has 0 unspecified atom stereocenters. The molecular weight excluding hydrogens is 373 g/mol. The molecule has 1 saturated carbocycles. The molecule has 150 valence electrons. The summed E-state index contributed by atoms with van der Waals surface area (Å²) in [6.45, 7) is 1.93. The maximum absolute atomic E-state index is 13.3. The predicted molar refractivity (Wildman–Crippen MR) is 96.4 cm³/mol. The first-order valence-corrected chi connectivity index (χ1v) is 9.36. The number of hydrogen-bond donors (Lipinski definition) is 0. The van der Waals surface area contributed by atoms with Crippen molar-refractivity contribution in [2.45, 2.75) is 57.3 Å². The number of imidazole rings is 1. The molecule has 0 aromatic carbocycles. The number of halogens is 3. The van der Waals surface area contributed by atoms with Crippen molar-refractivity contribution in [2.75, 3.05) is 16.8 Å². The minimum atomic E-state index is -4.62. The largest absolute Gasteiger partial charge is 0.450 e. The first kappa shape index (κ1) is 18.7. The Morgan fingerprint density at radius 3 is 2.57 bits per heavy atom. The van der Waals surface area contributed by atoms with Crippen LogP contribution in [0.4, 0.5) is 24.7 Å². The maximum atomic E-state index is 13.3. The fraction of sp³-hybridized carbons (Fsp3) is 0.556. The van der Waals surface area contributed by atoms with Crippen LogP contribution in [0.25, 0.3) is 5.95 Å². The van der Waals surface area contributed by atoms with Gasteiger partial charge in [0.05, 0.1) is 6.20 Å². The van der Waals surface area contributed by atoms with Gasteiger partial charge in [0.25, 0.3) is 0 Å². The Morgan fingerprint density at radius 1 is 1.21 bits per heavy atom. The van der Waals surface area contributed by atoms with E-state index in [9.17, 15) is 18.0 Å². The van der Waals surface area contributed by atoms with Gasteiger partial charge in [-0.05, 0) is 19.3 Å². The molecule has 4 rings (SSSR count). The van der Waals surface area contributed by atoms with E-state index in [2.05, 4.69) is 15.0 Å². The molecule has 0 radical (unpaired) electrons. The maximum Gasteiger partial charge on any atom is 0.450 e. The summed E-state index contributed by atoms with van der Waals surface area (Å²) in [6, 6.07) is -0.234. The SMILES string of the molecule is CC[C@@H]1C(=O)N(C)c2cnc(-n3ccnc3C(F)(F)F)nc2N1C1CCCC1. The van der Waals surface area contributed by atoms with Crippen molar-refractivity contribution in [2.24, 2.45) is 0 Å². The third-order valence-electron chi connectivity index (χ3n) is 5.51. The fourth-order valence-corrected chi connectivity index (χ4v) is 4.16. The number of amides is 1. The average Bonchev–Trinajstić information content (AvgIpc) is 3.35. The third-order valence-corrected chi connectivity index (χ3v) is 5.51. The van der Waals surface area contributed by atoms with Crippen LogP contribution >= 0.6 is 0 Å². The second kappa shape index (κ2) is 6.75. The van der Waals surface area contributed by atoms with Gasteiger partial charge in [-0.3, -0.25) is 9.36 Å². The number of anilines is 2. The number of carbonyl (C=O) groups is 1. The van der Waals surface area contributed by atoms with Crippen LogP contribution in [-0.2, 0) is 11.0 Å². The molecule has 3 heterocycles. The molecule has 2 aliphatic rings. The number of hydrogen-bond acceptors (Lipinski definition) is 5. The van der Waals surface area contributed by atoms with Gasteiger partial charge in [-0.1, -0.05) is 19.8 Å². The third kappa shape index (κ3) is 2.91. The van der Waals surface area contributed by atoms with Gasteiger partial charge in [-0.25, -0.2) is 9.97 Å². The van der Waals surface area contributed by atoms with Crippen LogP contribution in [0.15, 0.2) is 18.6 Å². The molecule has 0 saturated heterocycles. The number of nitrogens with zero attached hydrogens (tertiary/aromatic N) is 6. The van der Waals surface area contributed by atoms with E-state index < -0.39 is 12.0 Å². The van der Waals surface area contributed by atoms with Crippen LogP contribution in [-0.4, -0.2) is 44.6 Å². The van der Waals surface area contributed by atoms with Gasteiger partial charge >= 0.3 is 6.18 Å². The quantitative estimate of drug-likeness (QED) is 0.800. The molecule has 1 aliphatic carbocycles. The van der Waals surface area contributed by atoms with E-state index >= 15 is 0 Å². The highest BCUT2D eigenvalue weighted by molar-refractivity contribution is 6.04. The zero-order chi connectivity index (χ0) is 20.1. The van der Waals surface area contributed by atoms with E-state index in [1.54, 1.807) is 7.05 Å². The van der Waals surface area contributed by atoms with E-state index in [4.69, 9.17) is 0 Å². The molecule has 1 aliphatic heterocycles. The lowest BCUT2D eigenvalue weighted by Gasteiger charge is -2.43. The number of carbonyl (C=O) groups excluding carboxylic acids is 1. The molecule has 2 aromatic heterocycles. The number of likely N-dealkylation sites (N-methyl/N-ethyl adjacent to an activating group) is 1. The summed E-state index contributed by atoms with van der Waals surface area (Å²) in [7, 11) is 1.65. The van der Waals surface area contributed by atoms with Gasteiger partial charge in [0.1, 0.15) is 11.7 Å². The first-order valence-electron chi connectivity index (χ1n) is 9.36. The van der Waals surface area contributed by atoms with Crippen molar-refractivity contribution < 1.29 is 18.0 Å².